The summed E-state index contributed by atoms with van der Waals surface area (Å²) in [6.45, 7) is 4.57. The molecule has 0 unspecified atom stereocenters. The Kier molecular flexibility index (Phi) is 2.89. The molecule has 0 atom stereocenters. The minimum Gasteiger partial charge on any atom is -0.294 e. The molecule has 1 aliphatic rings. The van der Waals surface area contributed by atoms with Crippen LogP contribution in [0, 0.1) is 0 Å². The number of ketones is 1. The molecule has 1 heterocycles. The number of aromatic nitrogens is 2. The topological polar surface area (TPSA) is 34.9 Å². The Bertz CT molecular complexity index is 362. The van der Waals surface area contributed by atoms with Gasteiger partial charge in [-0.3, -0.25) is 9.48 Å². The normalized spacial score (nSPS) is 17.2. The molecule has 0 aliphatic heterocycles. The van der Waals surface area contributed by atoms with Gasteiger partial charge in [-0.05, 0) is 26.7 Å². The number of carbonyl (C=O) groups is 1. The van der Waals surface area contributed by atoms with E-state index in [9.17, 15) is 4.79 Å². The number of carbonyl (C=O) groups excluding carboxylic acids is 1. The molecule has 0 bridgehead atoms. The first-order valence-corrected chi connectivity index (χ1v) is 5.80. The zero-order valence-corrected chi connectivity index (χ0v) is 9.49. The van der Waals surface area contributed by atoms with Crippen LogP contribution < -0.4 is 0 Å². The molecular weight excluding hydrogens is 188 g/mol. The first-order chi connectivity index (χ1) is 7.24. The van der Waals surface area contributed by atoms with E-state index in [-0.39, 0.29) is 5.78 Å². The maximum absolute atomic E-state index is 11.5. The highest BCUT2D eigenvalue weighted by Crippen LogP contribution is 2.35. The molecule has 0 amide bonds. The Morgan fingerprint density at radius 3 is 2.73 bits per heavy atom. The molecule has 0 aromatic carbocycles. The van der Waals surface area contributed by atoms with Gasteiger partial charge in [0, 0.05) is 12.5 Å². The molecule has 15 heavy (non-hydrogen) atoms. The van der Waals surface area contributed by atoms with Gasteiger partial charge in [-0.2, -0.15) is 5.10 Å². The van der Waals surface area contributed by atoms with Gasteiger partial charge >= 0.3 is 0 Å². The van der Waals surface area contributed by atoms with Crippen molar-refractivity contribution in [1.29, 1.82) is 0 Å². The summed E-state index contributed by atoms with van der Waals surface area (Å²) in [4.78, 5) is 11.5. The van der Waals surface area contributed by atoms with Gasteiger partial charge in [0.05, 0.1) is 17.5 Å². The summed E-state index contributed by atoms with van der Waals surface area (Å²) in [5, 5.41) is 4.30. The molecule has 0 radical (unpaired) electrons. The van der Waals surface area contributed by atoms with Gasteiger partial charge in [0.15, 0.2) is 5.78 Å². The molecule has 1 aromatic heterocycles. The summed E-state index contributed by atoms with van der Waals surface area (Å²) in [7, 11) is 0. The van der Waals surface area contributed by atoms with Crippen LogP contribution >= 0.6 is 0 Å². The predicted molar refractivity (Wildman–Crippen MR) is 59.1 cm³/mol. The Hall–Kier alpha value is -1.12. The summed E-state index contributed by atoms with van der Waals surface area (Å²) >= 11 is 0. The number of nitrogens with zero attached hydrogens (tertiary/aromatic N) is 2. The Morgan fingerprint density at radius 1 is 1.53 bits per heavy atom. The van der Waals surface area contributed by atoms with E-state index in [4.69, 9.17) is 0 Å². The molecule has 2 rings (SSSR count). The summed E-state index contributed by atoms with van der Waals surface area (Å²) in [5.41, 5.74) is 2.02. The Labute approximate surface area is 90.5 Å². The Balaban J connectivity index is 2.39. The van der Waals surface area contributed by atoms with Crippen LogP contribution in [0.2, 0.25) is 0 Å². The van der Waals surface area contributed by atoms with Crippen molar-refractivity contribution in [3.63, 3.8) is 0 Å². The molecule has 1 saturated carbocycles. The minimum absolute atomic E-state index is 0.150. The van der Waals surface area contributed by atoms with E-state index < -0.39 is 0 Å². The van der Waals surface area contributed by atoms with Crippen molar-refractivity contribution < 1.29 is 4.79 Å². The second-order valence-corrected chi connectivity index (χ2v) is 4.30. The molecule has 82 valence electrons. The highest BCUT2D eigenvalue weighted by Gasteiger charge is 2.25. The fraction of sp³-hybridized carbons (Fsp3) is 0.667. The summed E-state index contributed by atoms with van der Waals surface area (Å²) < 4.78 is 1.99. The lowest BCUT2D eigenvalue weighted by atomic mass is 9.98. The first kappa shape index (κ1) is 10.4. The van der Waals surface area contributed by atoms with Gasteiger partial charge in [-0.1, -0.05) is 12.8 Å². The van der Waals surface area contributed by atoms with Crippen molar-refractivity contribution in [3.05, 3.63) is 17.5 Å². The fourth-order valence-corrected chi connectivity index (χ4v) is 2.55. The lowest BCUT2D eigenvalue weighted by Crippen LogP contribution is -2.09. The molecule has 1 aliphatic carbocycles. The van der Waals surface area contributed by atoms with Crippen molar-refractivity contribution >= 4 is 5.78 Å². The van der Waals surface area contributed by atoms with E-state index >= 15 is 0 Å². The van der Waals surface area contributed by atoms with Crippen LogP contribution in [0.3, 0.4) is 0 Å². The minimum atomic E-state index is 0.150. The Morgan fingerprint density at radius 2 is 2.20 bits per heavy atom. The molecule has 3 nitrogen and oxygen atoms in total. The quantitative estimate of drug-likeness (QED) is 0.713. The zero-order valence-electron chi connectivity index (χ0n) is 9.49. The van der Waals surface area contributed by atoms with Gasteiger partial charge in [0.2, 0.25) is 0 Å². The van der Waals surface area contributed by atoms with Crippen molar-refractivity contribution in [2.75, 3.05) is 0 Å². The van der Waals surface area contributed by atoms with Crippen LogP contribution in [0.5, 0.6) is 0 Å². The second kappa shape index (κ2) is 4.17. The first-order valence-electron chi connectivity index (χ1n) is 5.80. The van der Waals surface area contributed by atoms with Gasteiger partial charge in [0.25, 0.3) is 0 Å². The molecular formula is C12H18N2O. The number of hydrogen-bond donors (Lipinski definition) is 0. The monoisotopic (exact) mass is 206 g/mol. The van der Waals surface area contributed by atoms with Crippen molar-refractivity contribution in [1.82, 2.24) is 9.78 Å². The molecule has 1 fully saturated rings. The van der Waals surface area contributed by atoms with E-state index in [1.54, 1.807) is 13.1 Å². The molecule has 0 spiro atoms. The second-order valence-electron chi connectivity index (χ2n) is 4.30. The average molecular weight is 206 g/mol. The van der Waals surface area contributed by atoms with Gasteiger partial charge in [-0.15, -0.1) is 0 Å². The van der Waals surface area contributed by atoms with Crippen molar-refractivity contribution in [2.45, 2.75) is 52.0 Å². The number of Topliss-reactive ketones (excluding diaryl/α,β-unsaturated/α-hetero) is 1. The molecule has 3 heteroatoms. The third-order valence-corrected chi connectivity index (χ3v) is 3.30. The highest BCUT2D eigenvalue weighted by atomic mass is 16.1. The van der Waals surface area contributed by atoms with Crippen molar-refractivity contribution in [3.8, 4) is 0 Å². The van der Waals surface area contributed by atoms with Gasteiger partial charge in [-0.25, -0.2) is 0 Å². The fourth-order valence-electron chi connectivity index (χ4n) is 2.55. The predicted octanol–water partition coefficient (Wildman–Crippen LogP) is 2.76. The summed E-state index contributed by atoms with van der Waals surface area (Å²) in [6, 6.07) is 0. The van der Waals surface area contributed by atoms with Gasteiger partial charge < -0.3 is 0 Å². The van der Waals surface area contributed by atoms with E-state index in [1.807, 2.05) is 4.68 Å². The smallest absolute Gasteiger partial charge is 0.163 e. The van der Waals surface area contributed by atoms with Crippen LogP contribution in [-0.2, 0) is 6.54 Å². The van der Waals surface area contributed by atoms with Crippen LogP contribution in [0.1, 0.15) is 61.5 Å². The number of rotatable bonds is 3. The lowest BCUT2D eigenvalue weighted by molar-refractivity contribution is 0.101. The number of aryl methyl sites for hydroxylation is 1. The van der Waals surface area contributed by atoms with E-state index in [0.29, 0.717) is 5.92 Å². The molecule has 1 aromatic rings. The summed E-state index contributed by atoms with van der Waals surface area (Å²) in [5.74, 6) is 0.711. The van der Waals surface area contributed by atoms with Crippen LogP contribution in [-0.4, -0.2) is 15.6 Å². The van der Waals surface area contributed by atoms with E-state index in [2.05, 4.69) is 12.0 Å². The zero-order chi connectivity index (χ0) is 10.8. The van der Waals surface area contributed by atoms with E-state index in [1.165, 1.54) is 31.4 Å². The largest absolute Gasteiger partial charge is 0.294 e. The SMILES string of the molecule is CCn1ncc(C(C)=O)c1C1CCCC1. The number of hydrogen-bond acceptors (Lipinski definition) is 2. The summed E-state index contributed by atoms with van der Waals surface area (Å²) in [6.07, 6.45) is 6.74. The van der Waals surface area contributed by atoms with Crippen LogP contribution in [0.4, 0.5) is 0 Å². The van der Waals surface area contributed by atoms with Crippen molar-refractivity contribution in [2.24, 2.45) is 0 Å². The highest BCUT2D eigenvalue weighted by molar-refractivity contribution is 5.95. The molecule has 0 N–H and O–H groups in total. The maximum Gasteiger partial charge on any atom is 0.163 e. The standard InChI is InChI=1S/C12H18N2O/c1-3-14-12(10-6-4-5-7-10)11(8-13-14)9(2)15/h8,10H,3-7H2,1-2H3. The average Bonchev–Trinajstić information content (AvgIpc) is 2.85. The molecule has 0 saturated heterocycles. The maximum atomic E-state index is 11.5. The lowest BCUT2D eigenvalue weighted by Gasteiger charge is -2.13. The third-order valence-electron chi connectivity index (χ3n) is 3.30. The van der Waals surface area contributed by atoms with Gasteiger partial charge in [0.1, 0.15) is 0 Å². The van der Waals surface area contributed by atoms with Crippen LogP contribution in [0.15, 0.2) is 6.20 Å². The van der Waals surface area contributed by atoms with E-state index in [0.717, 1.165) is 12.1 Å². The van der Waals surface area contributed by atoms with Crippen LogP contribution in [0.25, 0.3) is 0 Å². The third kappa shape index (κ3) is 1.83.